The Kier molecular flexibility index (Phi) is 13.1. The van der Waals surface area contributed by atoms with Crippen molar-refractivity contribution in [3.05, 3.63) is 307 Å². The fourth-order valence-electron chi connectivity index (χ4n) is 15.3. The molecule has 4 heterocycles. The van der Waals surface area contributed by atoms with Crippen LogP contribution >= 0.6 is 0 Å². The van der Waals surface area contributed by atoms with Crippen LogP contribution in [0.2, 0.25) is 0 Å². The van der Waals surface area contributed by atoms with E-state index in [9.17, 15) is 10.5 Å². The van der Waals surface area contributed by atoms with Crippen molar-refractivity contribution < 1.29 is 0 Å². The van der Waals surface area contributed by atoms with E-state index in [-0.39, 0.29) is 17.5 Å². The first-order valence-corrected chi connectivity index (χ1v) is 32.8. The highest BCUT2D eigenvalue weighted by Gasteiger charge is 2.45. The van der Waals surface area contributed by atoms with Crippen LogP contribution in [0.5, 0.6) is 0 Å². The number of anilines is 6. The standard InChI is InChI=1S/C88H65BN6/c1-87(2,3)62-38-46-78-72(50-62)70-48-56(54-90)36-44-76(70)92(78)64-40-42-74-82(52-64)94(85-66(58-22-11-7-12-23-58)30-19-31-67(85)59-24-13-8-14-25-59)80-34-21-35-81-84(80)89(74)75-43-41-65(93-77-45-37-57(55-91)49-71(77)73-51-63(88(4,5)6)39-47-79(73)93)53-83(75)95(81)86-68(60-26-15-9-16-27-60)32-20-33-69(86)61-28-17-10-18-29-61/h7-53H,1-6H3. The van der Waals surface area contributed by atoms with Crippen molar-refractivity contribution in [2.45, 2.75) is 52.4 Å². The van der Waals surface area contributed by atoms with Gasteiger partial charge < -0.3 is 18.9 Å². The van der Waals surface area contributed by atoms with Gasteiger partial charge in [-0.15, -0.1) is 0 Å². The van der Waals surface area contributed by atoms with Crippen molar-refractivity contribution in [1.29, 1.82) is 10.5 Å². The highest BCUT2D eigenvalue weighted by molar-refractivity contribution is 7.00. The highest BCUT2D eigenvalue weighted by Crippen LogP contribution is 2.53. The molecule has 0 spiro atoms. The smallest absolute Gasteiger partial charge is 0.252 e. The summed E-state index contributed by atoms with van der Waals surface area (Å²) in [6.45, 7) is 13.3. The van der Waals surface area contributed by atoms with Crippen LogP contribution in [0.3, 0.4) is 0 Å². The maximum Gasteiger partial charge on any atom is 0.252 e. The lowest BCUT2D eigenvalue weighted by Crippen LogP contribution is -2.61. The molecule has 0 saturated heterocycles. The molecule has 6 nitrogen and oxygen atoms in total. The fourth-order valence-corrected chi connectivity index (χ4v) is 15.3. The highest BCUT2D eigenvalue weighted by atomic mass is 15.2. The molecule has 2 aliphatic rings. The molecule has 450 valence electrons. The Morgan fingerprint density at radius 1 is 0.305 bits per heavy atom. The van der Waals surface area contributed by atoms with Crippen molar-refractivity contribution >= 4 is 101 Å². The second-order valence-corrected chi connectivity index (χ2v) is 27.5. The van der Waals surface area contributed by atoms with Gasteiger partial charge in [-0.25, -0.2) is 0 Å². The summed E-state index contributed by atoms with van der Waals surface area (Å²) in [4.78, 5) is 5.19. The van der Waals surface area contributed by atoms with Crippen LogP contribution in [-0.4, -0.2) is 15.8 Å². The van der Waals surface area contributed by atoms with Gasteiger partial charge in [0.1, 0.15) is 0 Å². The van der Waals surface area contributed by atoms with Gasteiger partial charge in [-0.3, -0.25) is 0 Å². The lowest BCUT2D eigenvalue weighted by Gasteiger charge is -2.45. The molecule has 0 fully saturated rings. The van der Waals surface area contributed by atoms with Gasteiger partial charge in [0.05, 0.1) is 56.7 Å². The third-order valence-electron chi connectivity index (χ3n) is 19.9. The summed E-state index contributed by atoms with van der Waals surface area (Å²) in [5, 5.41) is 25.1. The predicted molar refractivity (Wildman–Crippen MR) is 398 cm³/mol. The van der Waals surface area contributed by atoms with E-state index in [1.807, 2.05) is 12.1 Å². The normalized spacial score (nSPS) is 12.7. The Hall–Kier alpha value is -11.9. The van der Waals surface area contributed by atoms with Crippen LogP contribution in [0, 0.1) is 22.7 Å². The van der Waals surface area contributed by atoms with E-state index < -0.39 is 0 Å². The zero-order chi connectivity index (χ0) is 64.4. The molecule has 0 unspecified atom stereocenters. The van der Waals surface area contributed by atoms with E-state index in [1.54, 1.807) is 0 Å². The number of rotatable bonds is 8. The summed E-state index contributed by atoms with van der Waals surface area (Å²) >= 11 is 0. The molecule has 2 aromatic heterocycles. The van der Waals surface area contributed by atoms with Crippen LogP contribution in [0.1, 0.15) is 63.8 Å². The first kappa shape index (κ1) is 57.0. The number of fused-ring (bicyclic) bond motifs is 10. The lowest BCUT2D eigenvalue weighted by atomic mass is 9.33. The van der Waals surface area contributed by atoms with Crippen LogP contribution in [0.15, 0.2) is 285 Å². The largest absolute Gasteiger partial charge is 0.310 e. The fraction of sp³-hybridized carbons (Fsp3) is 0.0909. The summed E-state index contributed by atoms with van der Waals surface area (Å²) in [7, 11) is 0. The Labute approximate surface area is 554 Å². The average molecular weight is 1220 g/mol. The van der Waals surface area contributed by atoms with Crippen molar-refractivity contribution in [2.24, 2.45) is 0 Å². The molecule has 95 heavy (non-hydrogen) atoms. The SMILES string of the molecule is CC(C)(C)c1ccc2c(c1)c1cc(C#N)ccc1n2-c1ccc2c(c1)N(c1c(-c3ccccc3)cccc1-c1ccccc1)c1cccc3c1B2c1ccc(-n2c4ccc(C#N)cc4c4cc(C(C)(C)C)ccc42)cc1N3c1c(-c2ccccc2)cccc1-c1ccccc1. The summed E-state index contributed by atoms with van der Waals surface area (Å²) in [5.74, 6) is 0. The van der Waals surface area contributed by atoms with E-state index in [2.05, 4.69) is 346 Å². The van der Waals surface area contributed by atoms with E-state index >= 15 is 0 Å². The molecule has 0 bridgehead atoms. The third-order valence-corrected chi connectivity index (χ3v) is 19.9. The summed E-state index contributed by atoms with van der Waals surface area (Å²) in [5.41, 5.74) is 28.6. The Balaban J connectivity index is 1.01. The molecule has 0 N–H and O–H groups in total. The van der Waals surface area contributed by atoms with Gasteiger partial charge in [0.2, 0.25) is 0 Å². The van der Waals surface area contributed by atoms with Crippen LogP contribution in [-0.2, 0) is 10.8 Å². The minimum atomic E-state index is -0.258. The van der Waals surface area contributed by atoms with E-state index in [1.165, 1.54) is 27.5 Å². The molecular formula is C88H65BN6. The second-order valence-electron chi connectivity index (χ2n) is 27.5. The van der Waals surface area contributed by atoms with Crippen molar-refractivity contribution in [3.63, 3.8) is 0 Å². The van der Waals surface area contributed by atoms with Gasteiger partial charge >= 0.3 is 0 Å². The van der Waals surface area contributed by atoms with Gasteiger partial charge in [-0.1, -0.05) is 230 Å². The average Bonchev–Trinajstić information content (AvgIpc) is 1.04. The number of hydrogen-bond acceptors (Lipinski definition) is 4. The van der Waals surface area contributed by atoms with Gasteiger partial charge in [0, 0.05) is 77.9 Å². The van der Waals surface area contributed by atoms with Gasteiger partial charge in [0.25, 0.3) is 6.71 Å². The molecule has 2 aliphatic heterocycles. The third kappa shape index (κ3) is 9.14. The Morgan fingerprint density at radius 3 is 0.968 bits per heavy atom. The molecule has 0 saturated carbocycles. The van der Waals surface area contributed by atoms with E-state index in [0.717, 1.165) is 134 Å². The number of para-hydroxylation sites is 2. The molecule has 15 aromatic rings. The predicted octanol–water partition coefficient (Wildman–Crippen LogP) is 21.0. The first-order valence-electron chi connectivity index (χ1n) is 32.8. The Morgan fingerprint density at radius 2 is 0.632 bits per heavy atom. The molecule has 0 amide bonds. The second kappa shape index (κ2) is 21.9. The topological polar surface area (TPSA) is 63.9 Å². The molecule has 0 aliphatic carbocycles. The lowest BCUT2D eigenvalue weighted by molar-refractivity contribution is 0.591. The molecule has 7 heteroatoms. The quantitative estimate of drug-likeness (QED) is 0.142. The molecular weight excluding hydrogens is 1150 g/mol. The summed E-state index contributed by atoms with van der Waals surface area (Å²) in [6.07, 6.45) is 0. The Bertz CT molecular complexity index is 5250. The molecule has 17 rings (SSSR count). The molecule has 0 radical (unpaired) electrons. The maximum absolute atomic E-state index is 10.4. The number of benzene rings is 13. The van der Waals surface area contributed by atoms with E-state index in [4.69, 9.17) is 0 Å². The zero-order valence-electron chi connectivity index (χ0n) is 53.9. The zero-order valence-corrected chi connectivity index (χ0v) is 53.9. The van der Waals surface area contributed by atoms with Crippen LogP contribution in [0.25, 0.3) is 99.5 Å². The van der Waals surface area contributed by atoms with Crippen molar-refractivity contribution in [1.82, 2.24) is 9.13 Å². The first-order chi connectivity index (χ1) is 46.3. The summed E-state index contributed by atoms with van der Waals surface area (Å²) in [6, 6.07) is 109. The van der Waals surface area contributed by atoms with Crippen LogP contribution in [0.4, 0.5) is 34.1 Å². The maximum atomic E-state index is 10.4. The minimum Gasteiger partial charge on any atom is -0.310 e. The molecule has 0 atom stereocenters. The van der Waals surface area contributed by atoms with Crippen molar-refractivity contribution in [3.8, 4) is 68.0 Å². The number of hydrogen-bond donors (Lipinski definition) is 0. The minimum absolute atomic E-state index is 0.0995. The monoisotopic (exact) mass is 1220 g/mol. The summed E-state index contributed by atoms with van der Waals surface area (Å²) < 4.78 is 4.82. The van der Waals surface area contributed by atoms with Crippen LogP contribution < -0.4 is 26.2 Å². The van der Waals surface area contributed by atoms with Gasteiger partial charge in [0.15, 0.2) is 0 Å². The number of aromatic nitrogens is 2. The molecule has 13 aromatic carbocycles. The van der Waals surface area contributed by atoms with Gasteiger partial charge in [-0.2, -0.15) is 10.5 Å². The number of nitriles is 2. The van der Waals surface area contributed by atoms with Crippen molar-refractivity contribution in [2.75, 3.05) is 9.80 Å². The van der Waals surface area contributed by atoms with E-state index in [0.29, 0.717) is 11.1 Å². The number of nitrogens with zero attached hydrogens (tertiary/aromatic N) is 6. The van der Waals surface area contributed by atoms with Gasteiger partial charge in [-0.05, 0) is 158 Å².